The zero-order chi connectivity index (χ0) is 11.6. The SMILES string of the molecule is CC[C@H](O)[C@H](N)c1c(F)ccc(Cl)c1Cl. The Morgan fingerprint density at radius 2 is 2.07 bits per heavy atom. The van der Waals surface area contributed by atoms with E-state index in [2.05, 4.69) is 0 Å². The average molecular weight is 252 g/mol. The van der Waals surface area contributed by atoms with E-state index in [1.807, 2.05) is 0 Å². The summed E-state index contributed by atoms with van der Waals surface area (Å²) in [5, 5.41) is 9.82. The van der Waals surface area contributed by atoms with Crippen LogP contribution in [0, 0.1) is 5.82 Å². The molecular weight excluding hydrogens is 240 g/mol. The molecule has 0 amide bonds. The van der Waals surface area contributed by atoms with Gasteiger partial charge in [0, 0.05) is 5.56 Å². The second-order valence-corrected chi connectivity index (χ2v) is 4.04. The van der Waals surface area contributed by atoms with Crippen molar-refractivity contribution >= 4 is 23.2 Å². The van der Waals surface area contributed by atoms with E-state index in [4.69, 9.17) is 28.9 Å². The molecular formula is C10H12Cl2FNO. The number of rotatable bonds is 3. The summed E-state index contributed by atoms with van der Waals surface area (Å²) >= 11 is 11.6. The molecule has 0 spiro atoms. The molecule has 15 heavy (non-hydrogen) atoms. The van der Waals surface area contributed by atoms with E-state index >= 15 is 0 Å². The molecule has 0 unspecified atom stereocenters. The van der Waals surface area contributed by atoms with Crippen molar-refractivity contribution in [3.8, 4) is 0 Å². The molecule has 84 valence electrons. The third-order valence-corrected chi connectivity index (χ3v) is 3.06. The second kappa shape index (κ2) is 5.12. The third-order valence-electron chi connectivity index (χ3n) is 2.25. The minimum absolute atomic E-state index is 0.0664. The van der Waals surface area contributed by atoms with Gasteiger partial charge < -0.3 is 10.8 Å². The number of hydrogen-bond acceptors (Lipinski definition) is 2. The van der Waals surface area contributed by atoms with Crippen LogP contribution in [0.25, 0.3) is 0 Å². The summed E-state index contributed by atoms with van der Waals surface area (Å²) in [4.78, 5) is 0. The third kappa shape index (κ3) is 2.61. The first kappa shape index (κ1) is 12.7. The molecule has 5 heteroatoms. The topological polar surface area (TPSA) is 46.2 Å². The number of benzene rings is 1. The lowest BCUT2D eigenvalue weighted by atomic mass is 10.00. The fraction of sp³-hybridized carbons (Fsp3) is 0.400. The van der Waals surface area contributed by atoms with Gasteiger partial charge in [-0.2, -0.15) is 0 Å². The molecule has 0 aromatic heterocycles. The van der Waals surface area contributed by atoms with Crippen molar-refractivity contribution in [2.24, 2.45) is 5.73 Å². The van der Waals surface area contributed by atoms with Crippen molar-refractivity contribution in [2.75, 3.05) is 0 Å². The van der Waals surface area contributed by atoms with Gasteiger partial charge in [0.1, 0.15) is 5.82 Å². The van der Waals surface area contributed by atoms with Gasteiger partial charge in [0.05, 0.1) is 22.2 Å². The summed E-state index contributed by atoms with van der Waals surface area (Å²) in [6.45, 7) is 1.75. The van der Waals surface area contributed by atoms with E-state index in [9.17, 15) is 9.50 Å². The molecule has 0 aliphatic carbocycles. The Labute approximate surface area is 97.8 Å². The van der Waals surface area contributed by atoms with Gasteiger partial charge in [-0.25, -0.2) is 4.39 Å². The number of aliphatic hydroxyl groups is 1. The maximum Gasteiger partial charge on any atom is 0.129 e. The van der Waals surface area contributed by atoms with Gasteiger partial charge >= 0.3 is 0 Å². The van der Waals surface area contributed by atoms with E-state index < -0.39 is 18.0 Å². The molecule has 0 bridgehead atoms. The molecule has 0 saturated carbocycles. The lowest BCUT2D eigenvalue weighted by molar-refractivity contribution is 0.139. The van der Waals surface area contributed by atoms with Gasteiger partial charge in [0.2, 0.25) is 0 Å². The highest BCUT2D eigenvalue weighted by Crippen LogP contribution is 2.33. The van der Waals surface area contributed by atoms with Crippen LogP contribution < -0.4 is 5.73 Å². The zero-order valence-electron chi connectivity index (χ0n) is 8.17. The maximum atomic E-state index is 13.4. The Morgan fingerprint density at radius 3 is 2.60 bits per heavy atom. The summed E-state index contributed by atoms with van der Waals surface area (Å²) in [6.07, 6.45) is -0.417. The number of aliphatic hydroxyl groups excluding tert-OH is 1. The Hall–Kier alpha value is -0.350. The minimum atomic E-state index is -0.860. The molecule has 1 rings (SSSR count). The molecule has 0 saturated heterocycles. The van der Waals surface area contributed by atoms with Crippen molar-refractivity contribution < 1.29 is 9.50 Å². The second-order valence-electron chi connectivity index (χ2n) is 3.26. The highest BCUT2D eigenvalue weighted by Gasteiger charge is 2.22. The first-order chi connectivity index (χ1) is 6.99. The van der Waals surface area contributed by atoms with Gasteiger partial charge in [-0.1, -0.05) is 30.1 Å². The van der Waals surface area contributed by atoms with Crippen LogP contribution in [0.15, 0.2) is 12.1 Å². The van der Waals surface area contributed by atoms with Crippen molar-refractivity contribution in [3.63, 3.8) is 0 Å². The van der Waals surface area contributed by atoms with Crippen LogP contribution in [0.5, 0.6) is 0 Å². The number of hydrogen-bond donors (Lipinski definition) is 2. The predicted molar refractivity (Wildman–Crippen MR) is 59.6 cm³/mol. The lowest BCUT2D eigenvalue weighted by Gasteiger charge is -2.19. The summed E-state index contributed by atoms with van der Waals surface area (Å²) in [7, 11) is 0. The molecule has 0 fully saturated rings. The van der Waals surface area contributed by atoms with Crippen LogP contribution in [0.2, 0.25) is 10.0 Å². The van der Waals surface area contributed by atoms with Gasteiger partial charge in [-0.05, 0) is 18.6 Å². The molecule has 2 atom stereocenters. The predicted octanol–water partition coefficient (Wildman–Crippen LogP) is 2.90. The number of nitrogens with two attached hydrogens (primary N) is 1. The monoisotopic (exact) mass is 251 g/mol. The summed E-state index contributed by atoms with van der Waals surface area (Å²) < 4.78 is 13.4. The molecule has 3 N–H and O–H groups in total. The van der Waals surface area contributed by atoms with Gasteiger partial charge in [-0.15, -0.1) is 0 Å². The molecule has 0 radical (unpaired) electrons. The Kier molecular flexibility index (Phi) is 4.34. The first-order valence-corrected chi connectivity index (χ1v) is 5.31. The van der Waals surface area contributed by atoms with Crippen molar-refractivity contribution in [1.82, 2.24) is 0 Å². The fourth-order valence-electron chi connectivity index (χ4n) is 1.29. The van der Waals surface area contributed by atoms with Crippen LogP contribution in [-0.2, 0) is 0 Å². The van der Waals surface area contributed by atoms with Gasteiger partial charge in [-0.3, -0.25) is 0 Å². The molecule has 1 aromatic rings. The van der Waals surface area contributed by atoms with Crippen LogP contribution in [0.3, 0.4) is 0 Å². The van der Waals surface area contributed by atoms with Crippen molar-refractivity contribution in [3.05, 3.63) is 33.6 Å². The minimum Gasteiger partial charge on any atom is -0.391 e. The van der Waals surface area contributed by atoms with E-state index in [1.165, 1.54) is 12.1 Å². The van der Waals surface area contributed by atoms with E-state index in [-0.39, 0.29) is 15.6 Å². The molecule has 1 aromatic carbocycles. The van der Waals surface area contributed by atoms with E-state index in [0.29, 0.717) is 6.42 Å². The summed E-state index contributed by atoms with van der Waals surface area (Å²) in [6, 6.07) is 1.68. The first-order valence-electron chi connectivity index (χ1n) is 4.56. The Bertz CT molecular complexity index is 360. The molecule has 0 heterocycles. The molecule has 0 aliphatic heterocycles. The smallest absolute Gasteiger partial charge is 0.129 e. The van der Waals surface area contributed by atoms with Gasteiger partial charge in [0.25, 0.3) is 0 Å². The Morgan fingerprint density at radius 1 is 1.47 bits per heavy atom. The quantitative estimate of drug-likeness (QED) is 0.812. The average Bonchev–Trinajstić information content (AvgIpc) is 2.22. The largest absolute Gasteiger partial charge is 0.391 e. The zero-order valence-corrected chi connectivity index (χ0v) is 9.69. The van der Waals surface area contributed by atoms with Crippen molar-refractivity contribution in [2.45, 2.75) is 25.5 Å². The normalized spacial score (nSPS) is 15.1. The van der Waals surface area contributed by atoms with Crippen LogP contribution in [-0.4, -0.2) is 11.2 Å². The summed E-state index contributed by atoms with van der Waals surface area (Å²) in [5.74, 6) is -0.551. The van der Waals surface area contributed by atoms with Crippen LogP contribution in [0.1, 0.15) is 24.9 Å². The molecule has 2 nitrogen and oxygen atoms in total. The number of halogens is 3. The van der Waals surface area contributed by atoms with Crippen LogP contribution in [0.4, 0.5) is 4.39 Å². The fourth-order valence-corrected chi connectivity index (χ4v) is 1.74. The van der Waals surface area contributed by atoms with Gasteiger partial charge in [0.15, 0.2) is 0 Å². The van der Waals surface area contributed by atoms with Crippen LogP contribution >= 0.6 is 23.2 Å². The standard InChI is InChI=1S/C10H12Cl2FNO/c1-2-7(15)10(14)8-6(13)4-3-5(11)9(8)12/h3-4,7,10,15H,2,14H2,1H3/t7-,10-/m0/s1. The van der Waals surface area contributed by atoms with Crippen molar-refractivity contribution in [1.29, 1.82) is 0 Å². The van der Waals surface area contributed by atoms with E-state index in [1.54, 1.807) is 6.92 Å². The lowest BCUT2D eigenvalue weighted by Crippen LogP contribution is -2.26. The van der Waals surface area contributed by atoms with E-state index in [0.717, 1.165) is 0 Å². The highest BCUT2D eigenvalue weighted by atomic mass is 35.5. The maximum absolute atomic E-state index is 13.4. The molecule has 0 aliphatic rings. The Balaban J connectivity index is 3.18. The highest BCUT2D eigenvalue weighted by molar-refractivity contribution is 6.42. The summed E-state index contributed by atoms with van der Waals surface area (Å²) in [5.41, 5.74) is 5.75.